The number of benzene rings is 1. The van der Waals surface area contributed by atoms with E-state index in [1.165, 1.54) is 0 Å². The number of amides is 1. The molecule has 0 radical (unpaired) electrons. The van der Waals surface area contributed by atoms with Gasteiger partial charge in [-0.2, -0.15) is 15.0 Å². The van der Waals surface area contributed by atoms with Gasteiger partial charge in [-0.15, -0.1) is 0 Å². The maximum atomic E-state index is 12.9. The van der Waals surface area contributed by atoms with E-state index in [1.54, 1.807) is 19.2 Å². The smallest absolute Gasteiger partial charge is 0.232 e. The highest BCUT2D eigenvalue weighted by atomic mass is 35.5. The molecule has 1 atom stereocenters. The Balaban J connectivity index is 1.43. The lowest BCUT2D eigenvalue weighted by Gasteiger charge is -2.34. The van der Waals surface area contributed by atoms with Gasteiger partial charge in [-0.25, -0.2) is 0 Å². The summed E-state index contributed by atoms with van der Waals surface area (Å²) in [4.78, 5) is 33.4. The van der Waals surface area contributed by atoms with Crippen LogP contribution in [0.4, 0.5) is 17.8 Å². The third-order valence-electron chi connectivity index (χ3n) is 6.16. The second kappa shape index (κ2) is 10.7. The summed E-state index contributed by atoms with van der Waals surface area (Å²) >= 11 is 12.2. The van der Waals surface area contributed by atoms with Crippen molar-refractivity contribution in [3.05, 3.63) is 33.8 Å². The number of halogens is 2. The van der Waals surface area contributed by atoms with E-state index in [0.717, 1.165) is 51.1 Å². The topological polar surface area (TPSA) is 89.5 Å². The van der Waals surface area contributed by atoms with E-state index < -0.39 is 0 Å². The van der Waals surface area contributed by atoms with Crippen molar-refractivity contribution in [2.24, 2.45) is 5.92 Å². The van der Waals surface area contributed by atoms with Gasteiger partial charge < -0.3 is 25.3 Å². The Kier molecular flexibility index (Phi) is 7.72. The monoisotopic (exact) mass is 492 g/mol. The maximum Gasteiger partial charge on any atom is 0.232 e. The van der Waals surface area contributed by atoms with Crippen molar-refractivity contribution < 1.29 is 4.79 Å². The minimum absolute atomic E-state index is 0.00732. The van der Waals surface area contributed by atoms with Gasteiger partial charge in [0.25, 0.3) is 0 Å². The molecule has 11 heteroatoms. The molecule has 0 aliphatic carbocycles. The lowest BCUT2D eigenvalue weighted by atomic mass is 9.97. The fourth-order valence-electron chi connectivity index (χ4n) is 4.12. The standard InChI is InChI=1S/C22H30Cl2N8O/c1-25-20-27-21(31-10-8-30(2)9-11-31)29-22(28-20)32-7-3-4-16(14-32)19(33)26-13-15-5-6-17(23)12-18(15)24/h5-6,12,16H,3-4,7-11,13-14H2,1-2H3,(H,26,33)(H,25,27,28,29). The van der Waals surface area contributed by atoms with Gasteiger partial charge in [0, 0.05) is 62.9 Å². The maximum absolute atomic E-state index is 12.9. The van der Waals surface area contributed by atoms with Crippen LogP contribution in [0.15, 0.2) is 18.2 Å². The summed E-state index contributed by atoms with van der Waals surface area (Å²) < 4.78 is 0. The molecule has 9 nitrogen and oxygen atoms in total. The zero-order valence-corrected chi connectivity index (χ0v) is 20.5. The van der Waals surface area contributed by atoms with Crippen LogP contribution < -0.4 is 20.4 Å². The van der Waals surface area contributed by atoms with Gasteiger partial charge >= 0.3 is 0 Å². The summed E-state index contributed by atoms with van der Waals surface area (Å²) in [6, 6.07) is 5.29. The molecule has 178 valence electrons. The number of hydrogen-bond acceptors (Lipinski definition) is 8. The summed E-state index contributed by atoms with van der Waals surface area (Å²) in [6.45, 7) is 5.44. The fourth-order valence-corrected chi connectivity index (χ4v) is 4.59. The Labute approximate surface area is 204 Å². The van der Waals surface area contributed by atoms with Gasteiger partial charge in [0.2, 0.25) is 23.8 Å². The number of anilines is 3. The largest absolute Gasteiger partial charge is 0.357 e. The summed E-state index contributed by atoms with van der Waals surface area (Å²) in [5, 5.41) is 7.19. The van der Waals surface area contributed by atoms with Crippen molar-refractivity contribution in [1.82, 2.24) is 25.2 Å². The predicted octanol–water partition coefficient (Wildman–Crippen LogP) is 2.50. The second-order valence-corrected chi connectivity index (χ2v) is 9.38. The van der Waals surface area contributed by atoms with Crippen LogP contribution in [0.25, 0.3) is 0 Å². The number of hydrogen-bond donors (Lipinski definition) is 2. The number of piperazine rings is 1. The molecule has 2 saturated heterocycles. The van der Waals surface area contributed by atoms with Crippen molar-refractivity contribution in [3.63, 3.8) is 0 Å². The Morgan fingerprint density at radius 2 is 1.79 bits per heavy atom. The zero-order chi connectivity index (χ0) is 23.4. The number of carbonyl (C=O) groups excluding carboxylic acids is 1. The Hall–Kier alpha value is -2.36. The first-order valence-electron chi connectivity index (χ1n) is 11.3. The average Bonchev–Trinajstić information content (AvgIpc) is 2.83. The second-order valence-electron chi connectivity index (χ2n) is 8.54. The van der Waals surface area contributed by atoms with E-state index in [9.17, 15) is 4.79 Å². The first-order valence-corrected chi connectivity index (χ1v) is 12.0. The first-order chi connectivity index (χ1) is 15.9. The third kappa shape index (κ3) is 5.96. The van der Waals surface area contributed by atoms with Gasteiger partial charge in [0.05, 0.1) is 5.92 Å². The molecule has 4 rings (SSSR count). The number of nitrogens with one attached hydrogen (secondary N) is 2. The highest BCUT2D eigenvalue weighted by Gasteiger charge is 2.28. The number of carbonyl (C=O) groups is 1. The Bertz CT molecular complexity index is 983. The van der Waals surface area contributed by atoms with Crippen LogP contribution in [0, 0.1) is 5.92 Å². The minimum Gasteiger partial charge on any atom is -0.357 e. The molecule has 1 aromatic carbocycles. The molecule has 3 heterocycles. The summed E-state index contributed by atoms with van der Waals surface area (Å²) in [6.07, 6.45) is 1.72. The van der Waals surface area contributed by atoms with Gasteiger partial charge in [-0.05, 0) is 37.6 Å². The molecule has 0 saturated carbocycles. The van der Waals surface area contributed by atoms with Crippen molar-refractivity contribution >= 4 is 47.0 Å². The number of likely N-dealkylation sites (N-methyl/N-ethyl adjacent to an activating group) is 1. The van der Waals surface area contributed by atoms with Crippen LogP contribution >= 0.6 is 23.2 Å². The minimum atomic E-state index is -0.147. The van der Waals surface area contributed by atoms with Gasteiger partial charge in [0.1, 0.15) is 0 Å². The van der Waals surface area contributed by atoms with E-state index in [1.807, 2.05) is 6.07 Å². The SMILES string of the molecule is CNc1nc(N2CCN(C)CC2)nc(N2CCCC(C(=O)NCc3ccc(Cl)cc3Cl)C2)n1. The van der Waals surface area contributed by atoms with E-state index in [-0.39, 0.29) is 11.8 Å². The number of piperidine rings is 1. The van der Waals surface area contributed by atoms with Crippen molar-refractivity contribution in [2.75, 3.05) is 68.5 Å². The van der Waals surface area contributed by atoms with E-state index in [4.69, 9.17) is 28.2 Å². The molecule has 1 amide bonds. The molecule has 33 heavy (non-hydrogen) atoms. The van der Waals surface area contributed by atoms with Gasteiger partial charge in [0.15, 0.2) is 0 Å². The molecular weight excluding hydrogens is 463 g/mol. The number of aromatic nitrogens is 3. The third-order valence-corrected chi connectivity index (χ3v) is 6.75. The molecule has 0 spiro atoms. The van der Waals surface area contributed by atoms with Crippen molar-refractivity contribution in [2.45, 2.75) is 19.4 Å². The molecule has 2 fully saturated rings. The fraction of sp³-hybridized carbons (Fsp3) is 0.545. The molecular formula is C22H30Cl2N8O. The first kappa shape index (κ1) is 23.8. The van der Waals surface area contributed by atoms with Gasteiger partial charge in [-0.3, -0.25) is 4.79 Å². The lowest BCUT2D eigenvalue weighted by molar-refractivity contribution is -0.125. The zero-order valence-electron chi connectivity index (χ0n) is 19.0. The van der Waals surface area contributed by atoms with Crippen molar-refractivity contribution in [3.8, 4) is 0 Å². The van der Waals surface area contributed by atoms with Crippen LogP contribution in [0.3, 0.4) is 0 Å². The van der Waals surface area contributed by atoms with E-state index in [2.05, 4.69) is 42.3 Å². The molecule has 2 aliphatic rings. The Morgan fingerprint density at radius 3 is 2.48 bits per heavy atom. The summed E-state index contributed by atoms with van der Waals surface area (Å²) in [7, 11) is 3.93. The molecule has 1 unspecified atom stereocenters. The highest BCUT2D eigenvalue weighted by molar-refractivity contribution is 6.35. The highest BCUT2D eigenvalue weighted by Crippen LogP contribution is 2.25. The molecule has 2 aromatic rings. The van der Waals surface area contributed by atoms with Crippen LogP contribution in [-0.2, 0) is 11.3 Å². The molecule has 0 bridgehead atoms. The molecule has 2 aliphatic heterocycles. The summed E-state index contributed by atoms with van der Waals surface area (Å²) in [5.41, 5.74) is 0.843. The van der Waals surface area contributed by atoms with Crippen LogP contribution in [0.2, 0.25) is 10.0 Å². The summed E-state index contributed by atoms with van der Waals surface area (Å²) in [5.74, 6) is 1.69. The molecule has 1 aromatic heterocycles. The van der Waals surface area contributed by atoms with Crippen LogP contribution in [0.1, 0.15) is 18.4 Å². The van der Waals surface area contributed by atoms with Gasteiger partial charge in [-0.1, -0.05) is 29.3 Å². The lowest BCUT2D eigenvalue weighted by Crippen LogP contribution is -2.46. The predicted molar refractivity (Wildman–Crippen MR) is 132 cm³/mol. The number of nitrogens with zero attached hydrogens (tertiary/aromatic N) is 6. The number of rotatable bonds is 6. The molecule has 2 N–H and O–H groups in total. The average molecular weight is 493 g/mol. The quantitative estimate of drug-likeness (QED) is 0.635. The normalized spacial score (nSPS) is 19.5. The van der Waals surface area contributed by atoms with Crippen molar-refractivity contribution in [1.29, 1.82) is 0 Å². The van der Waals surface area contributed by atoms with E-state index >= 15 is 0 Å². The van der Waals surface area contributed by atoms with Crippen LogP contribution in [0.5, 0.6) is 0 Å². The van der Waals surface area contributed by atoms with E-state index in [0.29, 0.717) is 41.0 Å². The Morgan fingerprint density at radius 1 is 1.06 bits per heavy atom. The van der Waals surface area contributed by atoms with Crippen LogP contribution in [-0.4, -0.2) is 79.1 Å².